The molecule has 15 nitrogen and oxygen atoms in total. The van der Waals surface area contributed by atoms with E-state index in [4.69, 9.17) is 0 Å². The Hall–Kier alpha value is -4.53. The van der Waals surface area contributed by atoms with E-state index in [-0.39, 0.29) is 107 Å². The molecular weight excluding hydrogens is 763 g/mol. The Morgan fingerprint density at radius 1 is 0.481 bits per heavy atom. The molecule has 0 aliphatic carbocycles. The van der Waals surface area contributed by atoms with Crippen molar-refractivity contribution >= 4 is 82.4 Å². The minimum absolute atomic E-state index is 0. The van der Waals surface area contributed by atoms with E-state index in [0.29, 0.717) is 10.8 Å². The van der Waals surface area contributed by atoms with E-state index in [9.17, 15) is 50.5 Å². The maximum atomic E-state index is 13.0. The summed E-state index contributed by atoms with van der Waals surface area (Å²) in [5.74, 6) is -1.95. The third-order valence-electron chi connectivity index (χ3n) is 7.69. The first-order valence-corrected chi connectivity index (χ1v) is 17.8. The molecule has 0 fully saturated rings. The smallest absolute Gasteiger partial charge is 1.00 e. The van der Waals surface area contributed by atoms with Gasteiger partial charge in [-0.15, -0.1) is 0 Å². The van der Waals surface area contributed by atoms with Crippen LogP contribution in [0.15, 0.2) is 119 Å². The van der Waals surface area contributed by atoms with Crippen molar-refractivity contribution in [2.24, 2.45) is 0 Å². The van der Waals surface area contributed by atoms with Crippen LogP contribution in [0.5, 0.6) is 11.5 Å². The van der Waals surface area contributed by atoms with Crippen molar-refractivity contribution < 1.29 is 113 Å². The van der Waals surface area contributed by atoms with Gasteiger partial charge >= 0.3 is 65.1 Å². The number of phenols is 2. The van der Waals surface area contributed by atoms with Gasteiger partial charge in [0.2, 0.25) is 0 Å². The quantitative estimate of drug-likeness (QED) is 0.0769. The second kappa shape index (κ2) is 16.9. The fourth-order valence-corrected chi connectivity index (χ4v) is 6.33. The molecule has 0 bridgehead atoms. The molecule has 8 N–H and O–H groups in total. The van der Waals surface area contributed by atoms with Crippen molar-refractivity contribution in [3.8, 4) is 11.5 Å². The second-order valence-corrected chi connectivity index (χ2v) is 14.2. The first-order valence-electron chi connectivity index (χ1n) is 14.9. The monoisotopic (exact) mass is 790 g/mol. The molecule has 0 spiro atoms. The average molecular weight is 791 g/mol. The zero-order valence-corrected chi connectivity index (χ0v) is 34.0. The zero-order valence-electron chi connectivity index (χ0n) is 30.4. The van der Waals surface area contributed by atoms with Crippen LogP contribution in [0.2, 0.25) is 0 Å². The van der Waals surface area contributed by atoms with Crippen molar-refractivity contribution in [3.63, 3.8) is 0 Å². The summed E-state index contributed by atoms with van der Waals surface area (Å²) in [7, 11) is -9.09. The van der Waals surface area contributed by atoms with Gasteiger partial charge in [0.1, 0.15) is 11.5 Å². The van der Waals surface area contributed by atoms with E-state index in [1.54, 1.807) is 24.3 Å². The average Bonchev–Trinajstić information content (AvgIpc) is 3.08. The van der Waals surface area contributed by atoms with E-state index in [1.165, 1.54) is 72.8 Å². The predicted molar refractivity (Wildman–Crippen MR) is 195 cm³/mol. The number of fused-ring (bicyclic) bond motifs is 2. The molecule has 0 heterocycles. The van der Waals surface area contributed by atoms with Crippen LogP contribution < -0.4 is 80.4 Å². The van der Waals surface area contributed by atoms with Crippen molar-refractivity contribution in [1.82, 2.24) is 0 Å². The number of hydrogen-bond acceptors (Lipinski definition) is 9. The van der Waals surface area contributed by atoms with Crippen molar-refractivity contribution in [3.05, 3.63) is 120 Å². The number of aromatic hydroxyl groups is 2. The summed E-state index contributed by atoms with van der Waals surface area (Å²) in [5, 5.41) is 32.2. The molecule has 0 aliphatic heterocycles. The fraction of sp³-hybridized carbons (Fsp3) is 0. The molecule has 6 aromatic rings. The van der Waals surface area contributed by atoms with E-state index < -0.39 is 59.4 Å². The number of anilines is 4. The minimum atomic E-state index is -4.54. The van der Waals surface area contributed by atoms with Crippen LogP contribution in [0.4, 0.5) is 27.5 Å². The fourth-order valence-electron chi connectivity index (χ4n) is 5.25. The minimum Gasteiger partial charge on any atom is -1.00 e. The maximum absolute atomic E-state index is 13.0. The molecule has 0 saturated carbocycles. The number of carbonyl (C=O) groups excluding carboxylic acids is 3. The van der Waals surface area contributed by atoms with Crippen LogP contribution in [0.25, 0.3) is 21.5 Å². The maximum Gasteiger partial charge on any atom is 1.00 e. The molecule has 19 heteroatoms. The molecule has 0 radical (unpaired) electrons. The van der Waals surface area contributed by atoms with Crippen LogP contribution in [-0.4, -0.2) is 54.0 Å². The molecule has 54 heavy (non-hydrogen) atoms. The molecular formula is C35H28N4Na2O11S2. The number of hydrogen-bond donors (Lipinski definition) is 8. The first-order chi connectivity index (χ1) is 24.5. The Morgan fingerprint density at radius 3 is 1.22 bits per heavy atom. The van der Waals surface area contributed by atoms with Gasteiger partial charge < -0.3 is 34.3 Å². The van der Waals surface area contributed by atoms with Crippen molar-refractivity contribution in [1.29, 1.82) is 0 Å². The first kappa shape index (κ1) is 42.2. The Labute approximate surface area is 354 Å². The summed E-state index contributed by atoms with van der Waals surface area (Å²) in [5.41, 5.74) is 1.42. The van der Waals surface area contributed by atoms with E-state index in [1.807, 2.05) is 0 Å². The summed E-state index contributed by atoms with van der Waals surface area (Å²) in [4.78, 5) is 37.9. The SMILES string of the molecule is O=C(Nc1cccc(C(=O)Nc2ccc3cc(S(=O)(=O)O)cc(O)c3c2)c1)Nc1cccc(C(=O)Nc2ccc3cc(S(=O)(=O)O)cc(O)c3c2)c1.[H-].[H-].[Na+].[Na+]. The molecule has 0 aromatic heterocycles. The van der Waals surface area contributed by atoms with Gasteiger partial charge in [-0.25, -0.2) is 4.79 Å². The Bertz CT molecular complexity index is 2520. The molecule has 0 aliphatic rings. The number of benzene rings is 6. The molecule has 268 valence electrons. The summed E-state index contributed by atoms with van der Waals surface area (Å²) in [6, 6.07) is 24.2. The van der Waals surface area contributed by atoms with Crippen LogP contribution in [-0.2, 0) is 20.2 Å². The molecule has 0 atom stereocenters. The zero-order chi connectivity index (χ0) is 37.4. The Kier molecular flexibility index (Phi) is 13.2. The molecule has 4 amide bonds. The number of urea groups is 1. The van der Waals surface area contributed by atoms with Gasteiger partial charge in [-0.2, -0.15) is 16.8 Å². The summed E-state index contributed by atoms with van der Waals surface area (Å²) < 4.78 is 64.4. The van der Waals surface area contributed by atoms with Crippen LogP contribution in [0.1, 0.15) is 23.6 Å². The topological polar surface area (TPSA) is 249 Å². The normalized spacial score (nSPS) is 11.1. The van der Waals surface area contributed by atoms with E-state index in [0.717, 1.165) is 12.1 Å². The number of carbonyl (C=O) groups is 3. The van der Waals surface area contributed by atoms with Crippen LogP contribution in [0, 0.1) is 0 Å². The van der Waals surface area contributed by atoms with Crippen LogP contribution in [0.3, 0.4) is 0 Å². The van der Waals surface area contributed by atoms with Gasteiger partial charge in [0.15, 0.2) is 0 Å². The summed E-state index contributed by atoms with van der Waals surface area (Å²) in [6.07, 6.45) is 0. The van der Waals surface area contributed by atoms with Gasteiger partial charge in [0.05, 0.1) is 9.79 Å². The predicted octanol–water partition coefficient (Wildman–Crippen LogP) is 0.279. The van der Waals surface area contributed by atoms with Gasteiger partial charge in [-0.1, -0.05) is 24.3 Å². The number of amides is 4. The van der Waals surface area contributed by atoms with E-state index >= 15 is 0 Å². The third kappa shape index (κ3) is 9.96. The van der Waals surface area contributed by atoms with Crippen LogP contribution >= 0.6 is 0 Å². The molecule has 6 rings (SSSR count). The number of phenolic OH excluding ortho intramolecular Hbond substituents is 2. The third-order valence-corrected chi connectivity index (χ3v) is 9.35. The molecule has 0 saturated heterocycles. The Morgan fingerprint density at radius 2 is 0.852 bits per heavy atom. The van der Waals surface area contributed by atoms with Gasteiger partial charge in [0.25, 0.3) is 32.1 Å². The largest absolute Gasteiger partial charge is 1.00 e. The molecule has 6 aromatic carbocycles. The second-order valence-electron chi connectivity index (χ2n) is 11.4. The summed E-state index contributed by atoms with van der Waals surface area (Å²) >= 11 is 0. The van der Waals surface area contributed by atoms with Crippen molar-refractivity contribution in [2.75, 3.05) is 21.3 Å². The van der Waals surface area contributed by atoms with E-state index in [2.05, 4.69) is 21.3 Å². The number of rotatable bonds is 8. The summed E-state index contributed by atoms with van der Waals surface area (Å²) in [6.45, 7) is 0. The van der Waals surface area contributed by atoms with Gasteiger partial charge in [-0.05, 0) is 83.6 Å². The van der Waals surface area contributed by atoms with Gasteiger partial charge in [-0.3, -0.25) is 18.7 Å². The number of nitrogens with one attached hydrogen (secondary N) is 4. The Balaban J connectivity index is 0.00000271. The van der Waals surface area contributed by atoms with Crippen molar-refractivity contribution in [2.45, 2.75) is 9.79 Å². The molecule has 0 unspecified atom stereocenters. The standard InChI is InChI=1S/C35H26N4O11S2.2Na.2H/c40-31-17-27(51(45,46)47)13-19-7-9-25(15-29(19)31)36-33(42)21-3-1-5-23(11-21)38-35(44)39-24-6-2-4-22(12-24)34(43)37-26-10-8-20-14-28(52(48,49)50)18-32(41)30(20)16-26;;;;/h1-18,40-41H,(H,36,42)(H,37,43)(H2,38,39,44)(H,45,46,47)(H,48,49,50);;;;/q;2*+1;2*-1. The van der Waals surface area contributed by atoms with Gasteiger partial charge in [0, 0.05) is 56.8 Å².